The van der Waals surface area contributed by atoms with Gasteiger partial charge in [0.25, 0.3) is 5.69 Å². The Balaban J connectivity index is 1.97. The average Bonchev–Trinajstić information content (AvgIpc) is 2.34. The number of nitrogens with one attached hydrogen (secondary N) is 1. The van der Waals surface area contributed by atoms with Gasteiger partial charge in [-0.25, -0.2) is 0 Å². The minimum absolute atomic E-state index is 0.0801. The van der Waals surface area contributed by atoms with Crippen molar-refractivity contribution in [3.8, 4) is 0 Å². The average molecular weight is 249 g/mol. The first-order chi connectivity index (χ1) is 8.56. The number of hydrogen-bond donors (Lipinski definition) is 1. The van der Waals surface area contributed by atoms with Gasteiger partial charge in [0.1, 0.15) is 0 Å². The van der Waals surface area contributed by atoms with E-state index in [-0.39, 0.29) is 17.6 Å². The van der Waals surface area contributed by atoms with Crippen LogP contribution in [0.3, 0.4) is 0 Å². The topological polar surface area (TPSA) is 75.5 Å². The Morgan fingerprint density at radius 1 is 1.39 bits per heavy atom. The van der Waals surface area contributed by atoms with E-state index < -0.39 is 4.92 Å². The van der Waals surface area contributed by atoms with Gasteiger partial charge < -0.3 is 10.2 Å². The lowest BCUT2D eigenvalue weighted by atomic mass is 10.1. The highest BCUT2D eigenvalue weighted by molar-refractivity contribution is 5.77. The summed E-state index contributed by atoms with van der Waals surface area (Å²) >= 11 is 0. The van der Waals surface area contributed by atoms with Crippen LogP contribution in [0.1, 0.15) is 12.8 Å². The van der Waals surface area contributed by atoms with Crippen molar-refractivity contribution in [3.05, 3.63) is 34.4 Å². The Hall–Kier alpha value is -2.11. The van der Waals surface area contributed by atoms with Crippen LogP contribution in [0, 0.1) is 10.1 Å². The summed E-state index contributed by atoms with van der Waals surface area (Å²) in [6.07, 6.45) is 1.33. The summed E-state index contributed by atoms with van der Waals surface area (Å²) in [6.45, 7) is 0.663. The zero-order chi connectivity index (χ0) is 13.1. The highest BCUT2D eigenvalue weighted by atomic mass is 16.6. The molecule has 0 saturated carbocycles. The number of nitro benzene ring substituents is 1. The molecule has 1 saturated heterocycles. The number of anilines is 1. The largest absolute Gasteiger partial charge is 0.381 e. The first kappa shape index (κ1) is 12.3. The standard InChI is InChI=1S/C12H15N3O3/c1-14-8-10(4-7-12(14)16)13-9-2-5-11(6-3-9)15(17)18/h2-3,5-6,10,13H,4,7-8H2,1H3. The number of non-ortho nitro benzene ring substituents is 1. The van der Waals surface area contributed by atoms with Gasteiger partial charge in [-0.15, -0.1) is 0 Å². The molecule has 1 aromatic rings. The molecule has 1 fully saturated rings. The number of hydrogen-bond acceptors (Lipinski definition) is 4. The third-order valence-corrected chi connectivity index (χ3v) is 3.08. The predicted octanol–water partition coefficient (Wildman–Crippen LogP) is 1.63. The van der Waals surface area contributed by atoms with Crippen LogP contribution in [0.2, 0.25) is 0 Å². The smallest absolute Gasteiger partial charge is 0.269 e. The van der Waals surface area contributed by atoms with Crippen LogP contribution in [0.5, 0.6) is 0 Å². The zero-order valence-electron chi connectivity index (χ0n) is 10.1. The summed E-state index contributed by atoms with van der Waals surface area (Å²) in [5, 5.41) is 13.8. The number of carbonyl (C=O) groups is 1. The fourth-order valence-electron chi connectivity index (χ4n) is 2.05. The Labute approximate surface area is 105 Å². The van der Waals surface area contributed by atoms with E-state index >= 15 is 0 Å². The van der Waals surface area contributed by atoms with Crippen molar-refractivity contribution >= 4 is 17.3 Å². The van der Waals surface area contributed by atoms with E-state index in [1.54, 1.807) is 24.1 Å². The molecule has 1 aliphatic heterocycles. The molecule has 0 spiro atoms. The summed E-state index contributed by atoms with van der Waals surface area (Å²) in [5.41, 5.74) is 0.921. The van der Waals surface area contributed by atoms with E-state index in [9.17, 15) is 14.9 Å². The monoisotopic (exact) mass is 249 g/mol. The van der Waals surface area contributed by atoms with E-state index in [1.165, 1.54) is 12.1 Å². The maximum absolute atomic E-state index is 11.3. The summed E-state index contributed by atoms with van der Waals surface area (Å²) < 4.78 is 0. The number of carbonyl (C=O) groups excluding carboxylic acids is 1. The second-order valence-corrected chi connectivity index (χ2v) is 4.46. The molecule has 1 amide bonds. The number of rotatable bonds is 3. The molecule has 6 nitrogen and oxygen atoms in total. The van der Waals surface area contributed by atoms with Gasteiger partial charge in [-0.2, -0.15) is 0 Å². The molecule has 1 aliphatic rings. The third-order valence-electron chi connectivity index (χ3n) is 3.08. The van der Waals surface area contributed by atoms with Crippen LogP contribution < -0.4 is 5.32 Å². The molecule has 6 heteroatoms. The summed E-state index contributed by atoms with van der Waals surface area (Å²) in [5.74, 6) is 0.164. The van der Waals surface area contributed by atoms with Gasteiger partial charge in [0.05, 0.1) is 4.92 Å². The molecule has 1 heterocycles. The minimum Gasteiger partial charge on any atom is -0.381 e. The molecule has 0 aromatic heterocycles. The lowest BCUT2D eigenvalue weighted by molar-refractivity contribution is -0.384. The number of likely N-dealkylation sites (N-methyl/N-ethyl adjacent to an activating group) is 1. The second kappa shape index (κ2) is 5.03. The number of amides is 1. The molecule has 0 bridgehead atoms. The van der Waals surface area contributed by atoms with Crippen LogP contribution in [0.4, 0.5) is 11.4 Å². The maximum atomic E-state index is 11.3. The van der Waals surface area contributed by atoms with Crippen molar-refractivity contribution in [3.63, 3.8) is 0 Å². The fraction of sp³-hybridized carbons (Fsp3) is 0.417. The van der Waals surface area contributed by atoms with Crippen molar-refractivity contribution < 1.29 is 9.72 Å². The number of piperidine rings is 1. The number of likely N-dealkylation sites (tertiary alicyclic amines) is 1. The predicted molar refractivity (Wildman–Crippen MR) is 67.4 cm³/mol. The summed E-state index contributed by atoms with van der Waals surface area (Å²) in [4.78, 5) is 23.1. The number of nitro groups is 1. The Morgan fingerprint density at radius 3 is 2.61 bits per heavy atom. The van der Waals surface area contributed by atoms with E-state index in [4.69, 9.17) is 0 Å². The third kappa shape index (κ3) is 2.77. The Kier molecular flexibility index (Phi) is 3.45. The van der Waals surface area contributed by atoms with Gasteiger partial charge in [0, 0.05) is 43.9 Å². The van der Waals surface area contributed by atoms with Crippen molar-refractivity contribution in [1.82, 2.24) is 4.90 Å². The van der Waals surface area contributed by atoms with Crippen LogP contribution >= 0.6 is 0 Å². The minimum atomic E-state index is -0.420. The highest BCUT2D eigenvalue weighted by Gasteiger charge is 2.22. The van der Waals surface area contributed by atoms with E-state index in [0.717, 1.165) is 12.1 Å². The zero-order valence-corrected chi connectivity index (χ0v) is 10.1. The molecule has 2 rings (SSSR count). The molecular weight excluding hydrogens is 234 g/mol. The molecule has 96 valence electrons. The van der Waals surface area contributed by atoms with Crippen molar-refractivity contribution in [2.75, 3.05) is 18.9 Å². The van der Waals surface area contributed by atoms with Gasteiger partial charge in [0.15, 0.2) is 0 Å². The van der Waals surface area contributed by atoms with Crippen molar-refractivity contribution in [1.29, 1.82) is 0 Å². The quantitative estimate of drug-likeness (QED) is 0.652. The molecule has 1 aromatic carbocycles. The second-order valence-electron chi connectivity index (χ2n) is 4.46. The van der Waals surface area contributed by atoms with Crippen molar-refractivity contribution in [2.24, 2.45) is 0 Å². The van der Waals surface area contributed by atoms with Crippen molar-refractivity contribution in [2.45, 2.75) is 18.9 Å². The van der Waals surface area contributed by atoms with Gasteiger partial charge in [-0.3, -0.25) is 14.9 Å². The molecular formula is C12H15N3O3. The molecule has 1 atom stereocenters. The normalized spacial score (nSPS) is 19.7. The summed E-state index contributed by atoms with van der Waals surface area (Å²) in [6, 6.07) is 6.53. The van der Waals surface area contributed by atoms with Gasteiger partial charge in [-0.05, 0) is 18.6 Å². The molecule has 1 unspecified atom stereocenters. The number of nitrogens with zero attached hydrogens (tertiary/aromatic N) is 2. The first-order valence-electron chi connectivity index (χ1n) is 5.81. The van der Waals surface area contributed by atoms with Crippen LogP contribution in [0.15, 0.2) is 24.3 Å². The van der Waals surface area contributed by atoms with Gasteiger partial charge in [0.2, 0.25) is 5.91 Å². The molecule has 0 radical (unpaired) electrons. The number of benzene rings is 1. The first-order valence-corrected chi connectivity index (χ1v) is 5.81. The summed E-state index contributed by atoms with van der Waals surface area (Å²) in [7, 11) is 1.78. The van der Waals surface area contributed by atoms with E-state index in [2.05, 4.69) is 5.32 Å². The van der Waals surface area contributed by atoms with Crippen LogP contribution in [-0.2, 0) is 4.79 Å². The van der Waals surface area contributed by atoms with E-state index in [1.807, 2.05) is 0 Å². The fourth-order valence-corrected chi connectivity index (χ4v) is 2.05. The molecule has 1 N–H and O–H groups in total. The lowest BCUT2D eigenvalue weighted by Gasteiger charge is -2.30. The Morgan fingerprint density at radius 2 is 2.06 bits per heavy atom. The molecule has 0 aliphatic carbocycles. The van der Waals surface area contributed by atoms with E-state index in [0.29, 0.717) is 13.0 Å². The lowest BCUT2D eigenvalue weighted by Crippen LogP contribution is -2.43. The Bertz CT molecular complexity index is 458. The van der Waals surface area contributed by atoms with Crippen LogP contribution in [-0.4, -0.2) is 35.4 Å². The maximum Gasteiger partial charge on any atom is 0.269 e. The van der Waals surface area contributed by atoms with Crippen LogP contribution in [0.25, 0.3) is 0 Å². The molecule has 18 heavy (non-hydrogen) atoms. The SMILES string of the molecule is CN1CC(Nc2ccc([N+](=O)[O-])cc2)CCC1=O. The van der Waals surface area contributed by atoms with Gasteiger partial charge >= 0.3 is 0 Å². The highest BCUT2D eigenvalue weighted by Crippen LogP contribution is 2.19. The van der Waals surface area contributed by atoms with Gasteiger partial charge in [-0.1, -0.05) is 0 Å².